The summed E-state index contributed by atoms with van der Waals surface area (Å²) in [6, 6.07) is 10.2. The maximum absolute atomic E-state index is 4.66. The van der Waals surface area contributed by atoms with Crippen molar-refractivity contribution < 1.29 is 0 Å². The molecule has 3 rings (SSSR count). The van der Waals surface area contributed by atoms with E-state index in [9.17, 15) is 0 Å². The van der Waals surface area contributed by atoms with Crippen LogP contribution in [0.3, 0.4) is 0 Å². The summed E-state index contributed by atoms with van der Waals surface area (Å²) in [7, 11) is 0. The van der Waals surface area contributed by atoms with Crippen molar-refractivity contribution in [2.24, 2.45) is 5.92 Å². The predicted octanol–water partition coefficient (Wildman–Crippen LogP) is 3.77. The largest absolute Gasteiger partial charge is 0.262 e. The normalized spacial score (nSPS) is 24.1. The second kappa shape index (κ2) is 4.92. The van der Waals surface area contributed by atoms with Gasteiger partial charge in [0.2, 0.25) is 0 Å². The average Bonchev–Trinajstić information content (AvgIpc) is 2.90. The third kappa shape index (κ3) is 2.30. The molecule has 1 aromatic carbocycles. The van der Waals surface area contributed by atoms with E-state index in [1.807, 2.05) is 18.2 Å². The summed E-state index contributed by atoms with van der Waals surface area (Å²) < 4.78 is 0. The van der Waals surface area contributed by atoms with Crippen molar-refractivity contribution in [2.45, 2.75) is 38.5 Å². The number of nitrogens with zero attached hydrogens (tertiary/aromatic N) is 2. The highest BCUT2D eigenvalue weighted by atomic mass is 15.2. The molecule has 1 aliphatic carbocycles. The molecular weight excluding hydrogens is 222 g/mol. The Bertz CT molecular complexity index is 495. The molecule has 1 saturated carbocycles. The molecule has 0 radical (unpaired) electrons. The van der Waals surface area contributed by atoms with E-state index in [0.29, 0.717) is 5.92 Å². The second-order valence-electron chi connectivity index (χ2n) is 5.37. The molecule has 0 spiro atoms. The Morgan fingerprint density at radius 2 is 1.78 bits per heavy atom. The monoisotopic (exact) mass is 241 g/mol. The van der Waals surface area contributed by atoms with Crippen LogP contribution in [0, 0.1) is 5.92 Å². The zero-order chi connectivity index (χ0) is 12.4. The molecule has 1 aromatic heterocycles. The minimum atomic E-state index is 0.575. The average molecular weight is 241 g/mol. The number of benzene rings is 1. The SMILES string of the molecule is CC1CCC(c2nc(-c3ccccc3)n[nH]2)CC1. The lowest BCUT2D eigenvalue weighted by molar-refractivity contribution is 0.340. The highest BCUT2D eigenvalue weighted by molar-refractivity contribution is 5.53. The van der Waals surface area contributed by atoms with Crippen molar-refractivity contribution in [3.63, 3.8) is 0 Å². The Hall–Kier alpha value is -1.64. The van der Waals surface area contributed by atoms with Gasteiger partial charge in [0.25, 0.3) is 0 Å². The molecule has 1 fully saturated rings. The van der Waals surface area contributed by atoms with E-state index in [-0.39, 0.29) is 0 Å². The van der Waals surface area contributed by atoms with Gasteiger partial charge >= 0.3 is 0 Å². The maximum Gasteiger partial charge on any atom is 0.181 e. The number of aromatic nitrogens is 3. The number of H-pyrrole nitrogens is 1. The van der Waals surface area contributed by atoms with E-state index in [1.54, 1.807) is 0 Å². The number of rotatable bonds is 2. The van der Waals surface area contributed by atoms with Gasteiger partial charge in [0.15, 0.2) is 5.82 Å². The van der Waals surface area contributed by atoms with E-state index in [4.69, 9.17) is 0 Å². The molecule has 94 valence electrons. The number of aromatic amines is 1. The van der Waals surface area contributed by atoms with Gasteiger partial charge in [-0.05, 0) is 18.8 Å². The summed E-state index contributed by atoms with van der Waals surface area (Å²) in [4.78, 5) is 4.66. The zero-order valence-electron chi connectivity index (χ0n) is 10.8. The Labute approximate surface area is 108 Å². The molecule has 3 heteroatoms. The summed E-state index contributed by atoms with van der Waals surface area (Å²) in [5, 5.41) is 7.47. The minimum Gasteiger partial charge on any atom is -0.262 e. The molecule has 0 atom stereocenters. The van der Waals surface area contributed by atoms with Gasteiger partial charge in [0.1, 0.15) is 5.82 Å². The summed E-state index contributed by atoms with van der Waals surface area (Å²) >= 11 is 0. The molecule has 0 aliphatic heterocycles. The van der Waals surface area contributed by atoms with Crippen LogP contribution in [0.15, 0.2) is 30.3 Å². The minimum absolute atomic E-state index is 0.575. The Morgan fingerprint density at radius 3 is 2.50 bits per heavy atom. The number of hydrogen-bond donors (Lipinski definition) is 1. The first-order valence-electron chi connectivity index (χ1n) is 6.80. The molecule has 3 nitrogen and oxygen atoms in total. The second-order valence-corrected chi connectivity index (χ2v) is 5.37. The van der Waals surface area contributed by atoms with Gasteiger partial charge in [-0.2, -0.15) is 5.10 Å². The van der Waals surface area contributed by atoms with Gasteiger partial charge in [0.05, 0.1) is 0 Å². The van der Waals surface area contributed by atoms with Gasteiger partial charge in [-0.3, -0.25) is 5.10 Å². The van der Waals surface area contributed by atoms with Gasteiger partial charge in [-0.25, -0.2) is 4.98 Å². The lowest BCUT2D eigenvalue weighted by Crippen LogP contribution is -2.11. The molecule has 0 unspecified atom stereocenters. The predicted molar refractivity (Wildman–Crippen MR) is 72.2 cm³/mol. The molecule has 1 aliphatic rings. The summed E-state index contributed by atoms with van der Waals surface area (Å²) in [6.45, 7) is 2.34. The summed E-state index contributed by atoms with van der Waals surface area (Å²) in [6.07, 6.45) is 5.10. The Morgan fingerprint density at radius 1 is 1.06 bits per heavy atom. The Kier molecular flexibility index (Phi) is 3.13. The first kappa shape index (κ1) is 11.5. The van der Waals surface area contributed by atoms with Crippen molar-refractivity contribution in [1.29, 1.82) is 0 Å². The van der Waals surface area contributed by atoms with Crippen molar-refractivity contribution in [2.75, 3.05) is 0 Å². The zero-order valence-corrected chi connectivity index (χ0v) is 10.8. The van der Waals surface area contributed by atoms with Crippen LogP contribution in [0.1, 0.15) is 44.3 Å². The fraction of sp³-hybridized carbons (Fsp3) is 0.467. The van der Waals surface area contributed by atoms with E-state index in [2.05, 4.69) is 34.2 Å². The van der Waals surface area contributed by atoms with Gasteiger partial charge in [-0.1, -0.05) is 50.1 Å². The Balaban J connectivity index is 1.78. The van der Waals surface area contributed by atoms with Crippen LogP contribution in [0.25, 0.3) is 11.4 Å². The van der Waals surface area contributed by atoms with Gasteiger partial charge in [0, 0.05) is 11.5 Å². The molecule has 2 aromatic rings. The first-order valence-corrected chi connectivity index (χ1v) is 6.80. The molecule has 18 heavy (non-hydrogen) atoms. The quantitative estimate of drug-likeness (QED) is 0.869. The highest BCUT2D eigenvalue weighted by Gasteiger charge is 2.22. The van der Waals surface area contributed by atoms with Crippen LogP contribution in [0.5, 0.6) is 0 Å². The van der Waals surface area contributed by atoms with E-state index < -0.39 is 0 Å². The van der Waals surface area contributed by atoms with Crippen molar-refractivity contribution in [3.05, 3.63) is 36.2 Å². The molecule has 1 N–H and O–H groups in total. The van der Waals surface area contributed by atoms with E-state index in [1.165, 1.54) is 25.7 Å². The third-order valence-corrected chi connectivity index (χ3v) is 3.94. The fourth-order valence-corrected chi connectivity index (χ4v) is 2.71. The highest BCUT2D eigenvalue weighted by Crippen LogP contribution is 2.34. The molecule has 0 bridgehead atoms. The van der Waals surface area contributed by atoms with Crippen LogP contribution in [-0.2, 0) is 0 Å². The molecule has 0 saturated heterocycles. The van der Waals surface area contributed by atoms with Crippen molar-refractivity contribution >= 4 is 0 Å². The van der Waals surface area contributed by atoms with Crippen LogP contribution in [0.4, 0.5) is 0 Å². The lowest BCUT2D eigenvalue weighted by atomic mass is 9.83. The number of hydrogen-bond acceptors (Lipinski definition) is 2. The maximum atomic E-state index is 4.66. The van der Waals surface area contributed by atoms with E-state index >= 15 is 0 Å². The van der Waals surface area contributed by atoms with Crippen molar-refractivity contribution in [1.82, 2.24) is 15.2 Å². The fourth-order valence-electron chi connectivity index (χ4n) is 2.71. The van der Waals surface area contributed by atoms with Crippen molar-refractivity contribution in [3.8, 4) is 11.4 Å². The van der Waals surface area contributed by atoms with Gasteiger partial charge in [-0.15, -0.1) is 0 Å². The van der Waals surface area contributed by atoms with Crippen LogP contribution < -0.4 is 0 Å². The molecule has 1 heterocycles. The summed E-state index contributed by atoms with van der Waals surface area (Å²) in [5.74, 6) is 3.34. The molecular formula is C15H19N3. The standard InChI is InChI=1S/C15H19N3/c1-11-7-9-13(10-8-11)15-16-14(17-18-15)12-5-3-2-4-6-12/h2-6,11,13H,7-10H2,1H3,(H,16,17,18). The third-order valence-electron chi connectivity index (χ3n) is 3.94. The van der Waals surface area contributed by atoms with Crippen LogP contribution >= 0.6 is 0 Å². The first-order chi connectivity index (χ1) is 8.83. The smallest absolute Gasteiger partial charge is 0.181 e. The topological polar surface area (TPSA) is 41.6 Å². The lowest BCUT2D eigenvalue weighted by Gasteiger charge is -2.24. The van der Waals surface area contributed by atoms with Crippen LogP contribution in [0.2, 0.25) is 0 Å². The van der Waals surface area contributed by atoms with Gasteiger partial charge < -0.3 is 0 Å². The molecule has 0 amide bonds. The van der Waals surface area contributed by atoms with E-state index in [0.717, 1.165) is 23.1 Å². The number of nitrogens with one attached hydrogen (secondary N) is 1. The summed E-state index contributed by atoms with van der Waals surface area (Å²) in [5.41, 5.74) is 1.09. The van der Waals surface area contributed by atoms with Crippen LogP contribution in [-0.4, -0.2) is 15.2 Å².